The number of alkyl halides is 2. The van der Waals surface area contributed by atoms with Gasteiger partial charge in [-0.05, 0) is 41.0 Å². The molecule has 0 fully saturated rings. The third kappa shape index (κ3) is 4.20. The first-order valence-electron chi connectivity index (χ1n) is 7.77. The van der Waals surface area contributed by atoms with Gasteiger partial charge in [0.15, 0.2) is 0 Å². The lowest BCUT2D eigenvalue weighted by atomic mass is 10.1. The molecule has 3 rings (SSSR count). The summed E-state index contributed by atoms with van der Waals surface area (Å²) >= 11 is 0. The second kappa shape index (κ2) is 7.56. The summed E-state index contributed by atoms with van der Waals surface area (Å²) in [7, 11) is 0. The summed E-state index contributed by atoms with van der Waals surface area (Å²) in [5.74, 6) is -3.92. The van der Waals surface area contributed by atoms with Crippen molar-refractivity contribution in [2.45, 2.75) is 31.4 Å². The summed E-state index contributed by atoms with van der Waals surface area (Å²) in [6, 6.07) is 6.02. The lowest BCUT2D eigenvalue weighted by Crippen LogP contribution is -2.35. The fraction of sp³-hybridized carbons (Fsp3) is 0.312. The van der Waals surface area contributed by atoms with Crippen molar-refractivity contribution in [3.8, 4) is 0 Å². The minimum absolute atomic E-state index is 0.319. The first-order chi connectivity index (χ1) is 12.4. The average Bonchev–Trinajstić information content (AvgIpc) is 3.14. The molecule has 0 bridgehead atoms. The molecule has 0 spiro atoms. The van der Waals surface area contributed by atoms with Gasteiger partial charge in [0.25, 0.3) is 0 Å². The SMILES string of the molecule is OC(Cn1cnnn1)C(F)(F)c1cnc(CCc2ccc(F)cc2)cn1. The van der Waals surface area contributed by atoms with E-state index in [0.29, 0.717) is 18.5 Å². The highest BCUT2D eigenvalue weighted by molar-refractivity contribution is 5.18. The van der Waals surface area contributed by atoms with Gasteiger partial charge in [0.05, 0.1) is 18.4 Å². The molecule has 1 unspecified atom stereocenters. The normalized spacial score (nSPS) is 12.9. The molecule has 0 aliphatic carbocycles. The van der Waals surface area contributed by atoms with Gasteiger partial charge in [0, 0.05) is 6.20 Å². The second-order valence-corrected chi connectivity index (χ2v) is 5.69. The Morgan fingerprint density at radius 3 is 2.46 bits per heavy atom. The van der Waals surface area contributed by atoms with E-state index in [1.54, 1.807) is 12.1 Å². The zero-order chi connectivity index (χ0) is 18.6. The minimum Gasteiger partial charge on any atom is -0.384 e. The van der Waals surface area contributed by atoms with E-state index >= 15 is 0 Å². The number of aliphatic hydroxyl groups excluding tert-OH is 1. The van der Waals surface area contributed by atoms with Gasteiger partial charge in [-0.15, -0.1) is 5.10 Å². The van der Waals surface area contributed by atoms with Crippen molar-refractivity contribution in [2.75, 3.05) is 0 Å². The van der Waals surface area contributed by atoms with Crippen molar-refractivity contribution in [2.24, 2.45) is 0 Å². The molecule has 1 atom stereocenters. The van der Waals surface area contributed by atoms with Crippen molar-refractivity contribution in [1.29, 1.82) is 0 Å². The van der Waals surface area contributed by atoms with Crippen molar-refractivity contribution >= 4 is 0 Å². The molecule has 0 radical (unpaired) electrons. The van der Waals surface area contributed by atoms with Gasteiger partial charge in [-0.1, -0.05) is 12.1 Å². The Bertz CT molecular complexity index is 824. The van der Waals surface area contributed by atoms with Crippen LogP contribution in [0.4, 0.5) is 13.2 Å². The predicted octanol–water partition coefficient (Wildman–Crippen LogP) is 1.54. The van der Waals surface area contributed by atoms with Crippen molar-refractivity contribution in [1.82, 2.24) is 30.2 Å². The lowest BCUT2D eigenvalue weighted by molar-refractivity contribution is -0.125. The molecular formula is C16H15F3N6O. The largest absolute Gasteiger partial charge is 0.384 e. The van der Waals surface area contributed by atoms with Gasteiger partial charge in [-0.25, -0.2) is 9.07 Å². The highest BCUT2D eigenvalue weighted by Gasteiger charge is 2.42. The number of rotatable bonds is 7. The Morgan fingerprint density at radius 1 is 1.08 bits per heavy atom. The van der Waals surface area contributed by atoms with Gasteiger partial charge >= 0.3 is 5.92 Å². The average molecular weight is 364 g/mol. The van der Waals surface area contributed by atoms with Gasteiger partial charge in [-0.3, -0.25) is 9.97 Å². The predicted molar refractivity (Wildman–Crippen MR) is 83.6 cm³/mol. The number of hydrogen-bond donors (Lipinski definition) is 1. The number of tetrazole rings is 1. The van der Waals surface area contributed by atoms with Crippen LogP contribution in [0.3, 0.4) is 0 Å². The molecule has 0 saturated carbocycles. The van der Waals surface area contributed by atoms with Crippen molar-refractivity contribution < 1.29 is 18.3 Å². The van der Waals surface area contributed by atoms with Crippen molar-refractivity contribution in [3.63, 3.8) is 0 Å². The Hall–Kier alpha value is -2.88. The molecule has 0 aliphatic heterocycles. The molecule has 0 saturated heterocycles. The van der Waals surface area contributed by atoms with Crippen molar-refractivity contribution in [3.05, 3.63) is 65.8 Å². The zero-order valence-electron chi connectivity index (χ0n) is 13.5. The van der Waals surface area contributed by atoms with Crippen LogP contribution in [-0.4, -0.2) is 41.4 Å². The van der Waals surface area contributed by atoms with E-state index in [9.17, 15) is 18.3 Å². The molecule has 0 amide bonds. The number of halogens is 3. The van der Waals surface area contributed by atoms with Crippen LogP contribution >= 0.6 is 0 Å². The Labute approximate surface area is 146 Å². The molecule has 3 aromatic rings. The summed E-state index contributed by atoms with van der Waals surface area (Å²) in [6.45, 7) is -0.478. The van der Waals surface area contributed by atoms with Crippen LogP contribution in [0.2, 0.25) is 0 Å². The number of aliphatic hydroxyl groups is 1. The molecule has 0 aliphatic rings. The first-order valence-corrected chi connectivity index (χ1v) is 7.77. The molecule has 10 heteroatoms. The number of benzene rings is 1. The van der Waals surface area contributed by atoms with E-state index in [0.717, 1.165) is 22.8 Å². The van der Waals surface area contributed by atoms with E-state index < -0.39 is 24.3 Å². The van der Waals surface area contributed by atoms with E-state index in [1.165, 1.54) is 18.3 Å². The summed E-state index contributed by atoms with van der Waals surface area (Å²) in [5, 5.41) is 19.9. The Kier molecular flexibility index (Phi) is 5.21. The van der Waals surface area contributed by atoms with E-state index in [-0.39, 0.29) is 5.82 Å². The van der Waals surface area contributed by atoms with Gasteiger partial charge in [0.1, 0.15) is 23.9 Å². The maximum atomic E-state index is 14.3. The van der Waals surface area contributed by atoms with Gasteiger partial charge in [0.2, 0.25) is 0 Å². The van der Waals surface area contributed by atoms with Crippen LogP contribution in [-0.2, 0) is 25.3 Å². The summed E-state index contributed by atoms with van der Waals surface area (Å²) in [6.07, 6.45) is 2.32. The topological polar surface area (TPSA) is 89.6 Å². The quantitative estimate of drug-likeness (QED) is 0.684. The van der Waals surface area contributed by atoms with Crippen LogP contribution in [0.1, 0.15) is 17.0 Å². The molecule has 7 nitrogen and oxygen atoms in total. The molecule has 2 aromatic heterocycles. The maximum Gasteiger partial charge on any atom is 0.318 e. The Morgan fingerprint density at radius 2 is 1.85 bits per heavy atom. The van der Waals surface area contributed by atoms with Crippen LogP contribution in [0.25, 0.3) is 0 Å². The summed E-state index contributed by atoms with van der Waals surface area (Å²) in [4.78, 5) is 7.72. The monoisotopic (exact) mass is 364 g/mol. The molecule has 2 heterocycles. The number of aromatic nitrogens is 6. The standard InChI is InChI=1S/C16H15F3N6O/c17-12-4-1-11(2-5-12)3-6-13-7-21-14(8-20-13)16(18,19)15(26)9-25-10-22-23-24-25/h1-2,4-5,7-8,10,15,26H,3,6,9H2. The minimum atomic E-state index is -3.60. The van der Waals surface area contributed by atoms with E-state index in [4.69, 9.17) is 0 Å². The molecule has 1 N–H and O–H groups in total. The van der Waals surface area contributed by atoms with Crippen LogP contribution in [0, 0.1) is 5.82 Å². The number of nitrogens with zero attached hydrogens (tertiary/aromatic N) is 6. The van der Waals surface area contributed by atoms with E-state index in [1.807, 2.05) is 0 Å². The highest BCUT2D eigenvalue weighted by Crippen LogP contribution is 2.30. The first kappa shape index (κ1) is 17.9. The number of hydrogen-bond acceptors (Lipinski definition) is 6. The van der Waals surface area contributed by atoms with Gasteiger partial charge in [-0.2, -0.15) is 8.78 Å². The number of aryl methyl sites for hydroxylation is 2. The summed E-state index contributed by atoms with van der Waals surface area (Å²) in [5.41, 5.74) is 0.784. The van der Waals surface area contributed by atoms with Crippen LogP contribution in [0.5, 0.6) is 0 Å². The summed E-state index contributed by atoms with van der Waals surface area (Å²) < 4.78 is 42.5. The lowest BCUT2D eigenvalue weighted by Gasteiger charge is -2.21. The zero-order valence-corrected chi connectivity index (χ0v) is 13.5. The third-order valence-corrected chi connectivity index (χ3v) is 3.80. The van der Waals surface area contributed by atoms with E-state index in [2.05, 4.69) is 25.5 Å². The fourth-order valence-electron chi connectivity index (χ4n) is 2.31. The maximum absolute atomic E-state index is 14.3. The highest BCUT2D eigenvalue weighted by atomic mass is 19.3. The molecular weight excluding hydrogens is 349 g/mol. The smallest absolute Gasteiger partial charge is 0.318 e. The van der Waals surface area contributed by atoms with Crippen LogP contribution < -0.4 is 0 Å². The molecule has 26 heavy (non-hydrogen) atoms. The molecule has 1 aromatic carbocycles. The van der Waals surface area contributed by atoms with Crippen LogP contribution in [0.15, 0.2) is 43.0 Å². The molecule has 136 valence electrons. The fourth-order valence-corrected chi connectivity index (χ4v) is 2.31. The van der Waals surface area contributed by atoms with Gasteiger partial charge < -0.3 is 5.11 Å². The third-order valence-electron chi connectivity index (χ3n) is 3.80. The second-order valence-electron chi connectivity index (χ2n) is 5.69. The Balaban J connectivity index is 1.63.